The van der Waals surface area contributed by atoms with E-state index < -0.39 is 29.7 Å². The van der Waals surface area contributed by atoms with Crippen molar-refractivity contribution >= 4 is 22.5 Å². The molecule has 0 saturated carbocycles. The zero-order chi connectivity index (χ0) is 27.4. The zero-order valence-corrected chi connectivity index (χ0v) is 20.0. The second kappa shape index (κ2) is 9.14. The SMILES string of the molecule is CC1CN(c2c(C#N)cnc3ccc(C(F)(F)F)cc23)CC[C@@H]1C(=O)N1CCn2c(nnc2C(F)(F)F)C1. The summed E-state index contributed by atoms with van der Waals surface area (Å²) in [6.45, 7) is 2.33. The number of nitriles is 1. The van der Waals surface area contributed by atoms with Gasteiger partial charge in [-0.05, 0) is 30.5 Å². The first-order valence-electron chi connectivity index (χ1n) is 11.8. The van der Waals surface area contributed by atoms with Crippen molar-refractivity contribution in [1.82, 2.24) is 24.6 Å². The Labute approximate surface area is 212 Å². The highest BCUT2D eigenvalue weighted by Gasteiger charge is 2.41. The average Bonchev–Trinajstić information content (AvgIpc) is 3.30. The second-order valence-electron chi connectivity index (χ2n) is 9.53. The number of piperidine rings is 1. The molecule has 8 nitrogen and oxygen atoms in total. The highest BCUT2D eigenvalue weighted by molar-refractivity contribution is 5.95. The molecule has 2 atom stereocenters. The van der Waals surface area contributed by atoms with Crippen molar-refractivity contribution in [2.75, 3.05) is 24.5 Å². The maximum Gasteiger partial charge on any atom is 0.451 e. The second-order valence-corrected chi connectivity index (χ2v) is 9.53. The molecule has 1 amide bonds. The Morgan fingerprint density at radius 1 is 1.08 bits per heavy atom. The average molecular weight is 537 g/mol. The van der Waals surface area contributed by atoms with Crippen LogP contribution in [0.1, 0.15) is 36.1 Å². The van der Waals surface area contributed by atoms with Crippen LogP contribution in [0, 0.1) is 23.2 Å². The summed E-state index contributed by atoms with van der Waals surface area (Å²) >= 11 is 0. The van der Waals surface area contributed by atoms with E-state index in [2.05, 4.69) is 15.2 Å². The molecule has 0 bridgehead atoms. The quantitative estimate of drug-likeness (QED) is 0.455. The predicted octanol–water partition coefficient (Wildman–Crippen LogP) is 4.24. The lowest BCUT2D eigenvalue weighted by Gasteiger charge is -2.40. The Morgan fingerprint density at radius 3 is 2.50 bits per heavy atom. The van der Waals surface area contributed by atoms with Crippen molar-refractivity contribution in [3.05, 3.63) is 47.2 Å². The lowest BCUT2D eigenvalue weighted by atomic mass is 9.85. The number of fused-ring (bicyclic) bond motifs is 2. The molecule has 1 unspecified atom stereocenters. The number of halogens is 6. The fourth-order valence-corrected chi connectivity index (χ4v) is 5.28. The van der Waals surface area contributed by atoms with Gasteiger partial charge in [-0.2, -0.15) is 31.6 Å². The van der Waals surface area contributed by atoms with E-state index in [0.29, 0.717) is 30.7 Å². The van der Waals surface area contributed by atoms with Gasteiger partial charge in [-0.3, -0.25) is 9.78 Å². The van der Waals surface area contributed by atoms with Crippen LogP contribution in [-0.2, 0) is 30.2 Å². The summed E-state index contributed by atoms with van der Waals surface area (Å²) in [6, 6.07) is 5.20. The number of pyridine rings is 1. The Kier molecular flexibility index (Phi) is 6.19. The van der Waals surface area contributed by atoms with E-state index in [0.717, 1.165) is 16.7 Å². The Balaban J connectivity index is 1.37. The number of hydrogen-bond acceptors (Lipinski definition) is 6. The van der Waals surface area contributed by atoms with Gasteiger partial charge in [0.05, 0.1) is 28.9 Å². The normalized spacial score (nSPS) is 20.4. The van der Waals surface area contributed by atoms with Crippen LogP contribution < -0.4 is 4.90 Å². The van der Waals surface area contributed by atoms with Gasteiger partial charge in [0, 0.05) is 43.7 Å². The van der Waals surface area contributed by atoms with Gasteiger partial charge in [-0.25, -0.2) is 0 Å². The number of benzene rings is 1. The summed E-state index contributed by atoms with van der Waals surface area (Å²) in [6.07, 6.45) is -7.53. The van der Waals surface area contributed by atoms with Crippen molar-refractivity contribution in [3.63, 3.8) is 0 Å². The first kappa shape index (κ1) is 25.7. The van der Waals surface area contributed by atoms with Crippen LogP contribution in [0.4, 0.5) is 32.0 Å². The molecule has 1 saturated heterocycles. The van der Waals surface area contributed by atoms with Crippen LogP contribution in [0.2, 0.25) is 0 Å². The highest BCUT2D eigenvalue weighted by atomic mass is 19.4. The van der Waals surface area contributed by atoms with Crippen molar-refractivity contribution in [2.24, 2.45) is 11.8 Å². The number of carbonyl (C=O) groups excluding carboxylic acids is 1. The molecule has 2 aromatic heterocycles. The Bertz CT molecular complexity index is 1440. The van der Waals surface area contributed by atoms with Crippen LogP contribution >= 0.6 is 0 Å². The van der Waals surface area contributed by atoms with E-state index in [1.807, 2.05) is 13.0 Å². The van der Waals surface area contributed by atoms with Gasteiger partial charge in [0.1, 0.15) is 6.07 Å². The number of carbonyl (C=O) groups is 1. The van der Waals surface area contributed by atoms with Crippen molar-refractivity contribution < 1.29 is 31.1 Å². The van der Waals surface area contributed by atoms with Crippen LogP contribution in [0.5, 0.6) is 0 Å². The zero-order valence-electron chi connectivity index (χ0n) is 20.0. The van der Waals surface area contributed by atoms with Gasteiger partial charge in [0.15, 0.2) is 5.82 Å². The van der Waals surface area contributed by atoms with E-state index in [4.69, 9.17) is 0 Å². The third-order valence-electron chi connectivity index (χ3n) is 7.14. The maximum atomic E-state index is 13.4. The summed E-state index contributed by atoms with van der Waals surface area (Å²) in [4.78, 5) is 20.8. The third kappa shape index (κ3) is 4.50. The molecule has 1 fully saturated rings. The molecule has 2 aliphatic heterocycles. The molecule has 0 N–H and O–H groups in total. The number of amides is 1. The first-order valence-corrected chi connectivity index (χ1v) is 11.8. The topological polar surface area (TPSA) is 90.9 Å². The molecular formula is C24H21F6N7O. The molecule has 2 aliphatic rings. The molecule has 200 valence electrons. The van der Waals surface area contributed by atoms with E-state index in [1.54, 1.807) is 4.90 Å². The molecule has 1 aromatic carbocycles. The fourth-order valence-electron chi connectivity index (χ4n) is 5.28. The highest BCUT2D eigenvalue weighted by Crippen LogP contribution is 2.38. The van der Waals surface area contributed by atoms with Gasteiger partial charge in [-0.15, -0.1) is 10.2 Å². The van der Waals surface area contributed by atoms with Gasteiger partial charge >= 0.3 is 12.4 Å². The number of nitrogens with zero attached hydrogens (tertiary/aromatic N) is 7. The molecule has 3 aromatic rings. The standard InChI is InChI=1S/C24H21F6N7O/c1-13-11-35(20-14(9-31)10-32-18-3-2-15(8-17(18)20)23(25,26)27)5-4-16(13)21(38)36-6-7-37-19(12-36)33-34-22(37)24(28,29)30/h2-3,8,10,13,16H,4-7,11-12H2,1H3/t13?,16-/m0/s1. The van der Waals surface area contributed by atoms with E-state index in [1.165, 1.54) is 17.2 Å². The van der Waals surface area contributed by atoms with Crippen LogP contribution in [0.3, 0.4) is 0 Å². The largest absolute Gasteiger partial charge is 0.451 e. The van der Waals surface area contributed by atoms with E-state index in [-0.39, 0.29) is 48.2 Å². The monoisotopic (exact) mass is 537 g/mol. The number of aromatic nitrogens is 4. The van der Waals surface area contributed by atoms with Crippen molar-refractivity contribution in [3.8, 4) is 6.07 Å². The lowest BCUT2D eigenvalue weighted by Crippen LogP contribution is -2.49. The van der Waals surface area contributed by atoms with Crippen molar-refractivity contribution in [1.29, 1.82) is 5.26 Å². The minimum absolute atomic E-state index is 0.0596. The summed E-state index contributed by atoms with van der Waals surface area (Å²) in [5.41, 5.74) is -0.0712. The van der Waals surface area contributed by atoms with Gasteiger partial charge < -0.3 is 14.4 Å². The van der Waals surface area contributed by atoms with Crippen molar-refractivity contribution in [2.45, 2.75) is 38.8 Å². The number of rotatable bonds is 2. The molecule has 14 heteroatoms. The number of anilines is 1. The summed E-state index contributed by atoms with van der Waals surface area (Å²) < 4.78 is 80.5. The number of hydrogen-bond donors (Lipinski definition) is 0. The molecule has 4 heterocycles. The third-order valence-corrected chi connectivity index (χ3v) is 7.14. The Morgan fingerprint density at radius 2 is 1.84 bits per heavy atom. The van der Waals surface area contributed by atoms with E-state index >= 15 is 0 Å². The van der Waals surface area contributed by atoms with Crippen LogP contribution in [-0.4, -0.2) is 50.2 Å². The molecule has 0 aliphatic carbocycles. The minimum Gasteiger partial charge on any atom is -0.370 e. The van der Waals surface area contributed by atoms with Crippen LogP contribution in [0.15, 0.2) is 24.4 Å². The summed E-state index contributed by atoms with van der Waals surface area (Å²) in [5.74, 6) is -1.95. The molecule has 38 heavy (non-hydrogen) atoms. The fraction of sp³-hybridized carbons (Fsp3) is 0.458. The smallest absolute Gasteiger partial charge is 0.370 e. The summed E-state index contributed by atoms with van der Waals surface area (Å²) in [5, 5.41) is 16.7. The predicted molar refractivity (Wildman–Crippen MR) is 121 cm³/mol. The van der Waals surface area contributed by atoms with Gasteiger partial charge in [-0.1, -0.05) is 6.92 Å². The van der Waals surface area contributed by atoms with Gasteiger partial charge in [0.25, 0.3) is 0 Å². The summed E-state index contributed by atoms with van der Waals surface area (Å²) in [7, 11) is 0. The Hall–Kier alpha value is -3.89. The minimum atomic E-state index is -4.64. The molecule has 5 rings (SSSR count). The molecular weight excluding hydrogens is 516 g/mol. The van der Waals surface area contributed by atoms with Gasteiger partial charge in [0.2, 0.25) is 11.7 Å². The molecule has 0 spiro atoms. The maximum absolute atomic E-state index is 13.4. The first-order chi connectivity index (χ1) is 17.9. The lowest BCUT2D eigenvalue weighted by molar-refractivity contribution is -0.148. The van der Waals surface area contributed by atoms with Crippen LogP contribution in [0.25, 0.3) is 10.9 Å². The number of alkyl halides is 6. The molecule has 0 radical (unpaired) electrons. The van der Waals surface area contributed by atoms with E-state index in [9.17, 15) is 36.4 Å².